The lowest BCUT2D eigenvalue weighted by molar-refractivity contribution is 0.260. The second kappa shape index (κ2) is 9.81. The van der Waals surface area contributed by atoms with Crippen LogP contribution in [0.2, 0.25) is 0 Å². The number of ether oxygens (including phenoxy) is 4. The average Bonchev–Trinajstić information content (AvgIpc) is 3.79. The standard InChI is InChI=1S/C30H34O4/c1-29(21-33-29)17-3-19-31-27-13-9-25(10-14-27)23-5-7-24(8-6-23)26-11-15-28(16-12-26)32-20-4-18-30(2)22-34-30/h5-16H,3-4,17-22H2,1-2H3. The zero-order valence-corrected chi connectivity index (χ0v) is 20.2. The molecule has 34 heavy (non-hydrogen) atoms. The monoisotopic (exact) mass is 458 g/mol. The van der Waals surface area contributed by atoms with Crippen molar-refractivity contribution in [3.8, 4) is 33.8 Å². The summed E-state index contributed by atoms with van der Waals surface area (Å²) < 4.78 is 22.6. The Hall–Kier alpha value is -2.82. The number of hydrogen-bond donors (Lipinski definition) is 0. The fraction of sp³-hybridized carbons (Fsp3) is 0.400. The van der Waals surface area contributed by atoms with Crippen molar-refractivity contribution in [2.45, 2.75) is 50.7 Å². The van der Waals surface area contributed by atoms with Crippen molar-refractivity contribution in [3.05, 3.63) is 72.8 Å². The highest BCUT2D eigenvalue weighted by Gasteiger charge is 2.38. The van der Waals surface area contributed by atoms with Gasteiger partial charge in [-0.05, 0) is 86.1 Å². The number of epoxide rings is 2. The molecule has 2 aliphatic heterocycles. The Balaban J connectivity index is 1.10. The van der Waals surface area contributed by atoms with Crippen molar-refractivity contribution in [2.24, 2.45) is 0 Å². The molecule has 5 rings (SSSR count). The van der Waals surface area contributed by atoms with E-state index in [-0.39, 0.29) is 11.2 Å². The maximum atomic E-state index is 5.88. The molecule has 0 aliphatic carbocycles. The molecule has 2 unspecified atom stereocenters. The van der Waals surface area contributed by atoms with Crippen molar-refractivity contribution in [1.82, 2.24) is 0 Å². The van der Waals surface area contributed by atoms with Crippen LogP contribution in [0.15, 0.2) is 72.8 Å². The fourth-order valence-electron chi connectivity index (χ4n) is 4.15. The van der Waals surface area contributed by atoms with E-state index in [4.69, 9.17) is 18.9 Å². The Kier molecular flexibility index (Phi) is 6.62. The second-order valence-electron chi connectivity index (χ2n) is 10.0. The lowest BCUT2D eigenvalue weighted by Gasteiger charge is -2.10. The van der Waals surface area contributed by atoms with Gasteiger partial charge in [0.05, 0.1) is 37.6 Å². The third-order valence-electron chi connectivity index (χ3n) is 6.77. The highest BCUT2D eigenvalue weighted by molar-refractivity contribution is 5.71. The van der Waals surface area contributed by atoms with Crippen LogP contribution < -0.4 is 9.47 Å². The Morgan fingerprint density at radius 2 is 0.853 bits per heavy atom. The third-order valence-corrected chi connectivity index (χ3v) is 6.77. The van der Waals surface area contributed by atoms with Crippen molar-refractivity contribution in [1.29, 1.82) is 0 Å². The smallest absolute Gasteiger partial charge is 0.119 e. The lowest BCUT2D eigenvalue weighted by atomic mass is 10.0. The predicted molar refractivity (Wildman–Crippen MR) is 135 cm³/mol. The van der Waals surface area contributed by atoms with E-state index in [0.717, 1.165) is 63.6 Å². The summed E-state index contributed by atoms with van der Waals surface area (Å²) in [7, 11) is 0. The molecule has 2 saturated heterocycles. The molecule has 3 aromatic rings. The van der Waals surface area contributed by atoms with Gasteiger partial charge in [0.15, 0.2) is 0 Å². The Morgan fingerprint density at radius 1 is 0.559 bits per heavy atom. The van der Waals surface area contributed by atoms with E-state index < -0.39 is 0 Å². The summed E-state index contributed by atoms with van der Waals surface area (Å²) in [5.74, 6) is 1.83. The molecule has 3 aromatic carbocycles. The van der Waals surface area contributed by atoms with Crippen LogP contribution in [0.25, 0.3) is 22.3 Å². The zero-order chi connectivity index (χ0) is 23.4. The molecule has 0 aromatic heterocycles. The van der Waals surface area contributed by atoms with Crippen molar-refractivity contribution >= 4 is 0 Å². The average molecular weight is 459 g/mol. The molecule has 178 valence electrons. The predicted octanol–water partition coefficient (Wildman–Crippen LogP) is 6.92. The molecule has 0 radical (unpaired) electrons. The lowest BCUT2D eigenvalue weighted by Crippen LogP contribution is -2.07. The second-order valence-corrected chi connectivity index (χ2v) is 10.0. The van der Waals surface area contributed by atoms with Gasteiger partial charge in [0.1, 0.15) is 11.5 Å². The fourth-order valence-corrected chi connectivity index (χ4v) is 4.15. The van der Waals surface area contributed by atoms with E-state index in [1.165, 1.54) is 22.3 Å². The van der Waals surface area contributed by atoms with Gasteiger partial charge in [0.2, 0.25) is 0 Å². The highest BCUT2D eigenvalue weighted by atomic mass is 16.6. The third kappa shape index (κ3) is 6.19. The Bertz CT molecular complexity index is 974. The van der Waals surface area contributed by atoms with Crippen LogP contribution in [0.1, 0.15) is 39.5 Å². The Morgan fingerprint density at radius 3 is 1.15 bits per heavy atom. The van der Waals surface area contributed by atoms with Crippen LogP contribution in [0.3, 0.4) is 0 Å². The van der Waals surface area contributed by atoms with E-state index in [9.17, 15) is 0 Å². The number of hydrogen-bond acceptors (Lipinski definition) is 4. The molecular formula is C30H34O4. The van der Waals surface area contributed by atoms with Crippen LogP contribution in [0, 0.1) is 0 Å². The largest absolute Gasteiger partial charge is 0.494 e. The van der Waals surface area contributed by atoms with Gasteiger partial charge in [-0.3, -0.25) is 0 Å². The topological polar surface area (TPSA) is 43.5 Å². The molecule has 2 atom stereocenters. The molecule has 0 spiro atoms. The summed E-state index contributed by atoms with van der Waals surface area (Å²) in [5.41, 5.74) is 4.99. The van der Waals surface area contributed by atoms with E-state index in [2.05, 4.69) is 86.6 Å². The summed E-state index contributed by atoms with van der Waals surface area (Å²) in [6.07, 6.45) is 4.15. The van der Waals surface area contributed by atoms with Gasteiger partial charge in [-0.2, -0.15) is 0 Å². The summed E-state index contributed by atoms with van der Waals surface area (Å²) in [6, 6.07) is 25.4. The van der Waals surface area contributed by atoms with E-state index >= 15 is 0 Å². The molecule has 0 N–H and O–H groups in total. The molecule has 0 bridgehead atoms. The van der Waals surface area contributed by atoms with Gasteiger partial charge >= 0.3 is 0 Å². The minimum absolute atomic E-state index is 0.110. The molecule has 2 fully saturated rings. The zero-order valence-electron chi connectivity index (χ0n) is 20.2. The van der Waals surface area contributed by atoms with Crippen LogP contribution in [0.5, 0.6) is 11.5 Å². The highest BCUT2D eigenvalue weighted by Crippen LogP contribution is 2.32. The van der Waals surface area contributed by atoms with Crippen LogP contribution >= 0.6 is 0 Å². The van der Waals surface area contributed by atoms with E-state index in [1.807, 2.05) is 0 Å². The van der Waals surface area contributed by atoms with Crippen molar-refractivity contribution in [2.75, 3.05) is 26.4 Å². The molecule has 2 heterocycles. The van der Waals surface area contributed by atoms with Gasteiger partial charge < -0.3 is 18.9 Å². The minimum atomic E-state index is 0.110. The Labute approximate surface area is 202 Å². The first kappa shape index (κ1) is 22.9. The van der Waals surface area contributed by atoms with Crippen LogP contribution in [-0.2, 0) is 9.47 Å². The maximum absolute atomic E-state index is 5.88. The SMILES string of the molecule is CC1(CCCOc2ccc(-c3ccc(-c4ccc(OCCCC5(C)CO5)cc4)cc3)cc2)CO1. The normalized spacial score (nSPS) is 22.9. The van der Waals surface area contributed by atoms with E-state index in [1.54, 1.807) is 0 Å². The molecule has 0 saturated carbocycles. The van der Waals surface area contributed by atoms with Crippen molar-refractivity contribution in [3.63, 3.8) is 0 Å². The summed E-state index contributed by atoms with van der Waals surface area (Å²) in [4.78, 5) is 0. The molecular weight excluding hydrogens is 424 g/mol. The summed E-state index contributed by atoms with van der Waals surface area (Å²) in [6.45, 7) is 7.54. The quantitative estimate of drug-likeness (QED) is 0.218. The maximum Gasteiger partial charge on any atom is 0.119 e. The van der Waals surface area contributed by atoms with Gasteiger partial charge in [-0.25, -0.2) is 0 Å². The van der Waals surface area contributed by atoms with Gasteiger partial charge in [0, 0.05) is 0 Å². The molecule has 4 nitrogen and oxygen atoms in total. The molecule has 4 heteroatoms. The first-order valence-corrected chi connectivity index (χ1v) is 12.3. The summed E-state index contributed by atoms with van der Waals surface area (Å²) in [5, 5.41) is 0. The van der Waals surface area contributed by atoms with Gasteiger partial charge in [-0.15, -0.1) is 0 Å². The van der Waals surface area contributed by atoms with Gasteiger partial charge in [0.25, 0.3) is 0 Å². The van der Waals surface area contributed by atoms with E-state index in [0.29, 0.717) is 0 Å². The summed E-state index contributed by atoms with van der Waals surface area (Å²) >= 11 is 0. The number of rotatable bonds is 12. The van der Waals surface area contributed by atoms with Gasteiger partial charge in [-0.1, -0.05) is 48.5 Å². The molecule has 0 amide bonds. The van der Waals surface area contributed by atoms with Crippen LogP contribution in [-0.4, -0.2) is 37.6 Å². The van der Waals surface area contributed by atoms with Crippen LogP contribution in [0.4, 0.5) is 0 Å². The van der Waals surface area contributed by atoms with Crippen molar-refractivity contribution < 1.29 is 18.9 Å². The minimum Gasteiger partial charge on any atom is -0.494 e. The molecule has 2 aliphatic rings. The number of benzene rings is 3. The first-order chi connectivity index (χ1) is 16.5. The first-order valence-electron chi connectivity index (χ1n) is 12.3.